The molecule has 1 N–H and O–H groups in total. The van der Waals surface area contributed by atoms with Crippen molar-refractivity contribution in [1.82, 2.24) is 9.97 Å². The number of carboxylic acid groups (broad SMARTS) is 1. The van der Waals surface area contributed by atoms with E-state index in [0.717, 1.165) is 24.1 Å². The third-order valence-electron chi connectivity index (χ3n) is 3.66. The summed E-state index contributed by atoms with van der Waals surface area (Å²) in [5, 5.41) is 8.81. The molecular weight excluding hydrogens is 252 g/mol. The molecule has 0 atom stereocenters. The molecule has 20 heavy (non-hydrogen) atoms. The molecule has 0 fully saturated rings. The van der Waals surface area contributed by atoms with Gasteiger partial charge in [0.25, 0.3) is 0 Å². The number of hydrogen-bond acceptors (Lipinski definition) is 3. The molecule has 0 aliphatic heterocycles. The first-order chi connectivity index (χ1) is 9.72. The summed E-state index contributed by atoms with van der Waals surface area (Å²) in [7, 11) is 0. The molecule has 4 heteroatoms. The lowest BCUT2D eigenvalue weighted by atomic mass is 9.90. The Kier molecular flexibility index (Phi) is 3.46. The van der Waals surface area contributed by atoms with Gasteiger partial charge in [-0.05, 0) is 48.9 Å². The van der Waals surface area contributed by atoms with Gasteiger partial charge in [0.05, 0.1) is 5.69 Å². The molecule has 0 bridgehead atoms. The number of aliphatic carboxylic acids is 1. The minimum absolute atomic E-state index is 0.140. The highest BCUT2D eigenvalue weighted by atomic mass is 16.4. The van der Waals surface area contributed by atoms with Crippen LogP contribution < -0.4 is 0 Å². The van der Waals surface area contributed by atoms with Crippen LogP contribution in [0.2, 0.25) is 0 Å². The Hall–Kier alpha value is -2.23. The fourth-order valence-electron chi connectivity index (χ4n) is 2.67. The maximum Gasteiger partial charge on any atom is 0.311 e. The maximum absolute atomic E-state index is 10.7. The smallest absolute Gasteiger partial charge is 0.311 e. The summed E-state index contributed by atoms with van der Waals surface area (Å²) in [6.45, 7) is 0. The van der Waals surface area contributed by atoms with E-state index in [4.69, 9.17) is 5.11 Å². The molecule has 0 saturated heterocycles. The quantitative estimate of drug-likeness (QED) is 0.929. The zero-order valence-corrected chi connectivity index (χ0v) is 11.2. The largest absolute Gasteiger partial charge is 0.481 e. The van der Waals surface area contributed by atoms with Crippen LogP contribution in [0.5, 0.6) is 0 Å². The third-order valence-corrected chi connectivity index (χ3v) is 3.66. The molecule has 102 valence electrons. The number of carboxylic acids is 1. The number of nitrogens with zero attached hydrogens (tertiary/aromatic N) is 2. The van der Waals surface area contributed by atoms with Crippen LogP contribution in [0.25, 0.3) is 11.3 Å². The Morgan fingerprint density at radius 3 is 2.75 bits per heavy atom. The van der Waals surface area contributed by atoms with E-state index in [2.05, 4.69) is 28.2 Å². The van der Waals surface area contributed by atoms with E-state index in [1.807, 2.05) is 6.07 Å². The van der Waals surface area contributed by atoms with Crippen LogP contribution in [0.4, 0.5) is 0 Å². The lowest BCUT2D eigenvalue weighted by molar-refractivity contribution is -0.136. The van der Waals surface area contributed by atoms with Crippen molar-refractivity contribution in [2.45, 2.75) is 32.1 Å². The van der Waals surface area contributed by atoms with Crippen molar-refractivity contribution >= 4 is 5.97 Å². The molecule has 0 amide bonds. The van der Waals surface area contributed by atoms with Crippen LogP contribution in [0.3, 0.4) is 0 Å². The predicted octanol–water partition coefficient (Wildman–Crippen LogP) is 2.65. The Morgan fingerprint density at radius 2 is 1.95 bits per heavy atom. The number of fused-ring (bicyclic) bond motifs is 1. The Labute approximate surface area is 117 Å². The average molecular weight is 268 g/mol. The minimum Gasteiger partial charge on any atom is -0.481 e. The normalized spacial score (nSPS) is 13.8. The van der Waals surface area contributed by atoms with Crippen molar-refractivity contribution < 1.29 is 9.90 Å². The maximum atomic E-state index is 10.7. The van der Waals surface area contributed by atoms with Gasteiger partial charge in [0.1, 0.15) is 12.2 Å². The lowest BCUT2D eigenvalue weighted by Gasteiger charge is -2.16. The predicted molar refractivity (Wildman–Crippen MR) is 75.4 cm³/mol. The van der Waals surface area contributed by atoms with E-state index in [-0.39, 0.29) is 6.42 Å². The van der Waals surface area contributed by atoms with Crippen molar-refractivity contribution in [3.05, 3.63) is 47.4 Å². The number of carbonyl (C=O) groups is 1. The first-order valence-corrected chi connectivity index (χ1v) is 6.88. The van der Waals surface area contributed by atoms with Crippen LogP contribution in [-0.4, -0.2) is 21.0 Å². The summed E-state index contributed by atoms with van der Waals surface area (Å²) >= 11 is 0. The van der Waals surface area contributed by atoms with Crippen LogP contribution >= 0.6 is 0 Å². The van der Waals surface area contributed by atoms with Crippen molar-refractivity contribution in [2.75, 3.05) is 0 Å². The zero-order chi connectivity index (χ0) is 13.9. The van der Waals surface area contributed by atoms with Gasteiger partial charge in [-0.3, -0.25) is 4.79 Å². The molecule has 3 rings (SSSR count). The standard InChI is InChI=1S/C16H16N2O2/c19-16(20)10-15-17-8-7-14(18-15)13-6-5-11-3-1-2-4-12(11)9-13/h5-9H,1-4,10H2,(H,19,20). The van der Waals surface area contributed by atoms with Crippen molar-refractivity contribution in [2.24, 2.45) is 0 Å². The molecule has 1 aliphatic rings. The highest BCUT2D eigenvalue weighted by Crippen LogP contribution is 2.26. The van der Waals surface area contributed by atoms with Gasteiger partial charge >= 0.3 is 5.97 Å². The molecule has 1 heterocycles. The molecule has 4 nitrogen and oxygen atoms in total. The summed E-state index contributed by atoms with van der Waals surface area (Å²) < 4.78 is 0. The van der Waals surface area contributed by atoms with Crippen LogP contribution in [0.1, 0.15) is 29.8 Å². The topological polar surface area (TPSA) is 63.1 Å². The summed E-state index contributed by atoms with van der Waals surface area (Å²) in [4.78, 5) is 19.1. The second-order valence-corrected chi connectivity index (χ2v) is 5.12. The van der Waals surface area contributed by atoms with E-state index in [0.29, 0.717) is 5.82 Å². The van der Waals surface area contributed by atoms with Gasteiger partial charge in [0.15, 0.2) is 0 Å². The lowest BCUT2D eigenvalue weighted by Crippen LogP contribution is -2.06. The van der Waals surface area contributed by atoms with Crippen LogP contribution in [0, 0.1) is 0 Å². The SMILES string of the molecule is O=C(O)Cc1nccc(-c2ccc3c(c2)CCCC3)n1. The van der Waals surface area contributed by atoms with Gasteiger partial charge in [-0.2, -0.15) is 0 Å². The van der Waals surface area contributed by atoms with E-state index < -0.39 is 5.97 Å². The number of aryl methyl sites for hydroxylation is 2. The molecule has 1 aromatic carbocycles. The van der Waals surface area contributed by atoms with E-state index in [9.17, 15) is 4.79 Å². The summed E-state index contributed by atoms with van der Waals surface area (Å²) in [6.07, 6.45) is 6.27. The van der Waals surface area contributed by atoms with E-state index in [1.54, 1.807) is 6.20 Å². The van der Waals surface area contributed by atoms with Crippen LogP contribution in [-0.2, 0) is 24.1 Å². The summed E-state index contributed by atoms with van der Waals surface area (Å²) in [6, 6.07) is 8.25. The Balaban J connectivity index is 1.94. The fourth-order valence-corrected chi connectivity index (χ4v) is 2.67. The molecular formula is C16H16N2O2. The first kappa shape index (κ1) is 12.8. The number of benzene rings is 1. The average Bonchev–Trinajstić information content (AvgIpc) is 2.46. The Morgan fingerprint density at radius 1 is 1.15 bits per heavy atom. The van der Waals surface area contributed by atoms with Gasteiger partial charge in [-0.1, -0.05) is 12.1 Å². The van der Waals surface area contributed by atoms with Crippen LogP contribution in [0.15, 0.2) is 30.5 Å². The van der Waals surface area contributed by atoms with Crippen molar-refractivity contribution in [1.29, 1.82) is 0 Å². The molecule has 0 saturated carbocycles. The van der Waals surface area contributed by atoms with E-state index >= 15 is 0 Å². The molecule has 2 aromatic rings. The minimum atomic E-state index is -0.910. The third kappa shape index (κ3) is 2.69. The number of hydrogen-bond donors (Lipinski definition) is 1. The molecule has 0 spiro atoms. The number of rotatable bonds is 3. The number of aromatic nitrogens is 2. The van der Waals surface area contributed by atoms with Gasteiger partial charge in [0, 0.05) is 11.8 Å². The first-order valence-electron chi connectivity index (χ1n) is 6.88. The van der Waals surface area contributed by atoms with Gasteiger partial charge in [0.2, 0.25) is 0 Å². The Bertz CT molecular complexity index is 653. The summed E-state index contributed by atoms with van der Waals surface area (Å²) in [5.41, 5.74) is 4.66. The van der Waals surface area contributed by atoms with Crippen molar-refractivity contribution in [3.63, 3.8) is 0 Å². The molecule has 1 aliphatic carbocycles. The second-order valence-electron chi connectivity index (χ2n) is 5.12. The highest BCUT2D eigenvalue weighted by molar-refractivity contribution is 5.69. The monoisotopic (exact) mass is 268 g/mol. The van der Waals surface area contributed by atoms with Gasteiger partial charge in [-0.25, -0.2) is 9.97 Å². The molecule has 1 aromatic heterocycles. The van der Waals surface area contributed by atoms with E-state index in [1.165, 1.54) is 24.0 Å². The van der Waals surface area contributed by atoms with Crippen molar-refractivity contribution in [3.8, 4) is 11.3 Å². The molecule has 0 unspecified atom stereocenters. The fraction of sp³-hybridized carbons (Fsp3) is 0.312. The highest BCUT2D eigenvalue weighted by Gasteiger charge is 2.11. The summed E-state index contributed by atoms with van der Waals surface area (Å²) in [5.74, 6) is -0.555. The second kappa shape index (κ2) is 5.41. The zero-order valence-electron chi connectivity index (χ0n) is 11.2. The van der Waals surface area contributed by atoms with Gasteiger partial charge in [-0.15, -0.1) is 0 Å². The van der Waals surface area contributed by atoms with Gasteiger partial charge < -0.3 is 5.11 Å². The molecule has 0 radical (unpaired) electrons.